The SMILES string of the molecule is CC(C)N1CCC(NC(=O)c2ccc(CN3C(=O)c4ccccc4C3=O)cc2)CC1. The average molecular weight is 405 g/mol. The number of rotatable bonds is 5. The Hall–Kier alpha value is -2.99. The molecule has 2 heterocycles. The van der Waals surface area contributed by atoms with Crippen LogP contribution >= 0.6 is 0 Å². The Kier molecular flexibility index (Phi) is 5.68. The van der Waals surface area contributed by atoms with E-state index in [9.17, 15) is 14.4 Å². The Balaban J connectivity index is 1.35. The maximum Gasteiger partial charge on any atom is 0.261 e. The third kappa shape index (κ3) is 4.00. The fourth-order valence-electron chi connectivity index (χ4n) is 4.16. The molecule has 2 aliphatic heterocycles. The molecule has 1 saturated heterocycles. The first-order valence-corrected chi connectivity index (χ1v) is 10.5. The summed E-state index contributed by atoms with van der Waals surface area (Å²) in [5.74, 6) is -0.624. The lowest BCUT2D eigenvalue weighted by Crippen LogP contribution is -2.46. The second-order valence-corrected chi connectivity index (χ2v) is 8.32. The van der Waals surface area contributed by atoms with E-state index >= 15 is 0 Å². The van der Waals surface area contributed by atoms with Gasteiger partial charge in [0.05, 0.1) is 17.7 Å². The van der Waals surface area contributed by atoms with Crippen LogP contribution in [0.1, 0.15) is 63.3 Å². The molecule has 6 heteroatoms. The maximum atomic E-state index is 12.6. The van der Waals surface area contributed by atoms with Gasteiger partial charge in [-0.1, -0.05) is 24.3 Å². The first kappa shape index (κ1) is 20.3. The number of amides is 3. The highest BCUT2D eigenvalue weighted by molar-refractivity contribution is 6.21. The number of hydrogen-bond donors (Lipinski definition) is 1. The third-order valence-corrected chi connectivity index (χ3v) is 6.03. The second kappa shape index (κ2) is 8.40. The zero-order valence-electron chi connectivity index (χ0n) is 17.4. The molecule has 1 N–H and O–H groups in total. The van der Waals surface area contributed by atoms with E-state index in [1.165, 1.54) is 4.90 Å². The summed E-state index contributed by atoms with van der Waals surface area (Å²) in [4.78, 5) is 41.3. The summed E-state index contributed by atoms with van der Waals surface area (Å²) in [5.41, 5.74) is 2.29. The Morgan fingerprint density at radius 2 is 1.53 bits per heavy atom. The maximum absolute atomic E-state index is 12.6. The van der Waals surface area contributed by atoms with E-state index in [0.29, 0.717) is 22.7 Å². The normalized spacial score (nSPS) is 17.5. The lowest BCUT2D eigenvalue weighted by molar-refractivity contribution is 0.0641. The van der Waals surface area contributed by atoms with Gasteiger partial charge in [-0.05, 0) is 56.5 Å². The largest absolute Gasteiger partial charge is 0.349 e. The molecule has 4 rings (SSSR count). The fraction of sp³-hybridized carbons (Fsp3) is 0.375. The average Bonchev–Trinajstić information content (AvgIpc) is 3.00. The molecule has 0 unspecified atom stereocenters. The molecule has 2 aliphatic rings. The van der Waals surface area contributed by atoms with Crippen LogP contribution in [-0.2, 0) is 6.54 Å². The molecule has 3 amide bonds. The molecule has 0 spiro atoms. The van der Waals surface area contributed by atoms with Crippen molar-refractivity contribution in [2.24, 2.45) is 0 Å². The van der Waals surface area contributed by atoms with Crippen molar-refractivity contribution in [2.45, 2.75) is 45.3 Å². The van der Waals surface area contributed by atoms with Gasteiger partial charge in [-0.3, -0.25) is 19.3 Å². The minimum atomic E-state index is -0.273. The van der Waals surface area contributed by atoms with Gasteiger partial charge >= 0.3 is 0 Å². The van der Waals surface area contributed by atoms with E-state index in [0.717, 1.165) is 31.5 Å². The lowest BCUT2D eigenvalue weighted by atomic mass is 10.0. The number of fused-ring (bicyclic) bond motifs is 1. The van der Waals surface area contributed by atoms with E-state index < -0.39 is 0 Å². The molecule has 156 valence electrons. The molecule has 0 saturated carbocycles. The van der Waals surface area contributed by atoms with Gasteiger partial charge < -0.3 is 10.2 Å². The highest BCUT2D eigenvalue weighted by Gasteiger charge is 2.34. The highest BCUT2D eigenvalue weighted by atomic mass is 16.2. The van der Waals surface area contributed by atoms with Crippen LogP contribution in [0.15, 0.2) is 48.5 Å². The Morgan fingerprint density at radius 3 is 2.07 bits per heavy atom. The van der Waals surface area contributed by atoms with E-state index in [-0.39, 0.29) is 30.3 Å². The lowest BCUT2D eigenvalue weighted by Gasteiger charge is -2.34. The van der Waals surface area contributed by atoms with Crippen molar-refractivity contribution in [1.29, 1.82) is 0 Å². The topological polar surface area (TPSA) is 69.7 Å². The number of benzene rings is 2. The van der Waals surface area contributed by atoms with Crippen LogP contribution < -0.4 is 5.32 Å². The fourth-order valence-corrected chi connectivity index (χ4v) is 4.16. The number of carbonyl (C=O) groups excluding carboxylic acids is 3. The van der Waals surface area contributed by atoms with Crippen LogP contribution in [0.25, 0.3) is 0 Å². The van der Waals surface area contributed by atoms with Gasteiger partial charge in [0.25, 0.3) is 17.7 Å². The van der Waals surface area contributed by atoms with Crippen LogP contribution in [0.5, 0.6) is 0 Å². The minimum Gasteiger partial charge on any atom is -0.349 e. The Labute approximate surface area is 176 Å². The molecular weight excluding hydrogens is 378 g/mol. The summed E-state index contributed by atoms with van der Waals surface area (Å²) in [7, 11) is 0. The van der Waals surface area contributed by atoms with Gasteiger partial charge in [0.1, 0.15) is 0 Å². The summed E-state index contributed by atoms with van der Waals surface area (Å²) >= 11 is 0. The van der Waals surface area contributed by atoms with E-state index in [2.05, 4.69) is 24.1 Å². The summed E-state index contributed by atoms with van der Waals surface area (Å²) in [6.07, 6.45) is 1.92. The second-order valence-electron chi connectivity index (χ2n) is 8.32. The zero-order chi connectivity index (χ0) is 21.3. The summed E-state index contributed by atoms with van der Waals surface area (Å²) in [5, 5.41) is 3.13. The smallest absolute Gasteiger partial charge is 0.261 e. The van der Waals surface area contributed by atoms with Gasteiger partial charge in [0.2, 0.25) is 0 Å². The van der Waals surface area contributed by atoms with Gasteiger partial charge in [0.15, 0.2) is 0 Å². The van der Waals surface area contributed by atoms with Gasteiger partial charge in [-0.2, -0.15) is 0 Å². The van der Waals surface area contributed by atoms with Crippen molar-refractivity contribution >= 4 is 17.7 Å². The summed E-state index contributed by atoms with van der Waals surface area (Å²) in [6.45, 7) is 6.59. The number of carbonyl (C=O) groups is 3. The van der Waals surface area contributed by atoms with Crippen molar-refractivity contribution in [3.05, 3.63) is 70.8 Å². The van der Waals surface area contributed by atoms with Crippen LogP contribution in [0.3, 0.4) is 0 Å². The highest BCUT2D eigenvalue weighted by Crippen LogP contribution is 2.24. The number of piperidine rings is 1. The van der Waals surface area contributed by atoms with Gasteiger partial charge in [-0.25, -0.2) is 0 Å². The first-order valence-electron chi connectivity index (χ1n) is 10.5. The van der Waals surface area contributed by atoms with Gasteiger partial charge in [-0.15, -0.1) is 0 Å². The number of hydrogen-bond acceptors (Lipinski definition) is 4. The molecular formula is C24H27N3O3. The third-order valence-electron chi connectivity index (χ3n) is 6.03. The molecule has 6 nitrogen and oxygen atoms in total. The monoisotopic (exact) mass is 405 g/mol. The zero-order valence-corrected chi connectivity index (χ0v) is 17.4. The Morgan fingerprint density at radius 1 is 0.967 bits per heavy atom. The van der Waals surface area contributed by atoms with E-state index in [4.69, 9.17) is 0 Å². The summed E-state index contributed by atoms with van der Waals surface area (Å²) < 4.78 is 0. The Bertz CT molecular complexity index is 925. The summed E-state index contributed by atoms with van der Waals surface area (Å²) in [6, 6.07) is 14.7. The van der Waals surface area contributed by atoms with Crippen LogP contribution in [-0.4, -0.2) is 52.7 Å². The molecule has 1 fully saturated rings. The first-order chi connectivity index (χ1) is 14.4. The number of nitrogens with zero attached hydrogens (tertiary/aromatic N) is 2. The minimum absolute atomic E-state index is 0.0784. The predicted molar refractivity (Wildman–Crippen MR) is 114 cm³/mol. The van der Waals surface area contributed by atoms with Crippen molar-refractivity contribution in [2.75, 3.05) is 13.1 Å². The van der Waals surface area contributed by atoms with E-state index in [1.807, 2.05) is 0 Å². The number of likely N-dealkylation sites (tertiary alicyclic amines) is 1. The quantitative estimate of drug-likeness (QED) is 0.776. The van der Waals surface area contributed by atoms with Crippen molar-refractivity contribution in [1.82, 2.24) is 15.1 Å². The number of nitrogens with one attached hydrogen (secondary N) is 1. The molecule has 0 atom stereocenters. The van der Waals surface area contributed by atoms with Crippen LogP contribution in [0, 0.1) is 0 Å². The van der Waals surface area contributed by atoms with E-state index in [1.54, 1.807) is 48.5 Å². The van der Waals surface area contributed by atoms with Crippen LogP contribution in [0.2, 0.25) is 0 Å². The molecule has 2 aromatic carbocycles. The van der Waals surface area contributed by atoms with Gasteiger partial charge in [0, 0.05) is 30.7 Å². The number of imide groups is 1. The van der Waals surface area contributed by atoms with Crippen LogP contribution in [0.4, 0.5) is 0 Å². The molecule has 0 radical (unpaired) electrons. The van der Waals surface area contributed by atoms with Crippen molar-refractivity contribution in [3.63, 3.8) is 0 Å². The molecule has 2 aromatic rings. The standard InChI is InChI=1S/C24H27N3O3/c1-16(2)26-13-11-19(12-14-26)25-22(28)18-9-7-17(8-10-18)15-27-23(29)20-5-3-4-6-21(20)24(27)30/h3-10,16,19H,11-15H2,1-2H3,(H,25,28). The van der Waals surface area contributed by atoms with Crippen molar-refractivity contribution in [3.8, 4) is 0 Å². The van der Waals surface area contributed by atoms with Crippen molar-refractivity contribution < 1.29 is 14.4 Å². The molecule has 0 aromatic heterocycles. The predicted octanol–water partition coefficient (Wildman–Crippen LogP) is 3.09. The molecule has 0 bridgehead atoms. The molecule has 0 aliphatic carbocycles. The molecule has 30 heavy (non-hydrogen) atoms.